The van der Waals surface area contributed by atoms with Crippen LogP contribution in [0.25, 0.3) is 10.2 Å². The van der Waals surface area contributed by atoms with E-state index in [0.29, 0.717) is 117 Å². The van der Waals surface area contributed by atoms with Gasteiger partial charge < -0.3 is 37.9 Å². The highest BCUT2D eigenvalue weighted by molar-refractivity contribution is 7.22. The molecule has 1 heterocycles. The highest BCUT2D eigenvalue weighted by atomic mass is 32.1. The van der Waals surface area contributed by atoms with E-state index in [1.807, 2.05) is 24.3 Å². The number of esters is 5. The van der Waals surface area contributed by atoms with Gasteiger partial charge in [-0.05, 0) is 182 Å². The summed E-state index contributed by atoms with van der Waals surface area (Å²) >= 11 is 1.47. The molecule has 430 valence electrons. The molecule has 1 aromatic heterocycles. The normalized spacial score (nSPS) is 16.8. The van der Waals surface area contributed by atoms with Gasteiger partial charge in [0.2, 0.25) is 5.13 Å². The molecule has 0 aliphatic heterocycles. The molecule has 0 atom stereocenters. The maximum absolute atomic E-state index is 13.7. The summed E-state index contributed by atoms with van der Waals surface area (Å²) < 4.78 is 46.2. The summed E-state index contributed by atoms with van der Waals surface area (Å²) in [5.41, 5.74) is 1.40. The zero-order valence-corrected chi connectivity index (χ0v) is 47.1. The van der Waals surface area contributed by atoms with Gasteiger partial charge in [0, 0.05) is 17.7 Å². The summed E-state index contributed by atoms with van der Waals surface area (Å²) in [5.74, 6) is 2.77. The van der Waals surface area contributed by atoms with Gasteiger partial charge in [0.1, 0.15) is 41.1 Å². The number of fused-ring (bicyclic) bond motifs is 1. The second kappa shape index (κ2) is 34.2. The molecule has 3 aromatic carbocycles. The molecule has 4 aromatic rings. The fourth-order valence-electron chi connectivity index (χ4n) is 9.21. The number of benzene rings is 3. The molecule has 6 rings (SSSR count). The Morgan fingerprint density at radius 2 is 1.17 bits per heavy atom. The van der Waals surface area contributed by atoms with Crippen molar-refractivity contribution >= 4 is 62.7 Å². The van der Waals surface area contributed by atoms with Crippen molar-refractivity contribution in [3.63, 3.8) is 0 Å². The molecule has 0 amide bonds. The van der Waals surface area contributed by atoms with Gasteiger partial charge in [-0.2, -0.15) is 5.10 Å². The lowest BCUT2D eigenvalue weighted by Gasteiger charge is -2.27. The molecule has 0 unspecified atom stereocenters. The first-order chi connectivity index (χ1) is 39.4. The van der Waals surface area contributed by atoms with Crippen LogP contribution in [0.5, 0.6) is 23.0 Å². The van der Waals surface area contributed by atoms with Crippen molar-refractivity contribution in [1.82, 2.24) is 4.98 Å². The molecule has 0 radical (unpaired) electrons. The van der Waals surface area contributed by atoms with Crippen LogP contribution in [-0.2, 0) is 42.9 Å². The lowest BCUT2D eigenvalue weighted by molar-refractivity contribution is -0.145. The Morgan fingerprint density at radius 3 is 1.79 bits per heavy atom. The van der Waals surface area contributed by atoms with Gasteiger partial charge in [-0.25, -0.2) is 19.6 Å². The van der Waals surface area contributed by atoms with Crippen molar-refractivity contribution in [2.75, 3.05) is 44.6 Å². The lowest BCUT2D eigenvalue weighted by Crippen LogP contribution is -2.30. The maximum atomic E-state index is 13.7. The Hall–Kier alpha value is -7.97. The zero-order chi connectivity index (χ0) is 57.6. The zero-order valence-electron chi connectivity index (χ0n) is 46.3. The minimum atomic E-state index is -0.415. The van der Waals surface area contributed by atoms with E-state index in [1.54, 1.807) is 65.8 Å². The molecule has 2 aliphatic rings. The molecular weight excluding hydrogens is 1050 g/mol. The molecule has 2 aliphatic carbocycles. The number of unbranched alkanes of at least 4 members (excludes halogenated alkanes) is 6. The molecule has 2 fully saturated rings. The predicted molar refractivity (Wildman–Crippen MR) is 313 cm³/mol. The number of terminal acetylenes is 1. The van der Waals surface area contributed by atoms with E-state index in [9.17, 15) is 24.0 Å². The number of carbonyl (C=O) groups is 5. The van der Waals surface area contributed by atoms with Crippen molar-refractivity contribution in [1.29, 1.82) is 0 Å². The van der Waals surface area contributed by atoms with Gasteiger partial charge in [0.25, 0.3) is 0 Å². The van der Waals surface area contributed by atoms with Gasteiger partial charge in [-0.15, -0.1) is 6.42 Å². The number of nitrogens with zero attached hydrogens (tertiary/aromatic N) is 3. The fourth-order valence-corrected chi connectivity index (χ4v) is 10.1. The summed E-state index contributed by atoms with van der Waals surface area (Å²) in [6.45, 7) is 16.9. The first-order valence-electron chi connectivity index (χ1n) is 27.9. The molecule has 2 saturated carbocycles. The standard InChI is InChI=1S/C64H75N3O13S/c1-6-38-67(64-66-56-19-13-14-20-58(56)81-64)65-45-52-44-55(80-63(72)51-29-27-50(28-30-51)62(71)79-54-33-31-53(32-34-54)74-40-16-10-12-18-42-77-60(69)8-3)35-36-57(52)75-43-37-48-23-25-49(26-24-48)61(70)78-47(5)22-21-46(4)73-39-15-9-11-17-41-76-59(68)7-2/h1,7-8,13-14,19-22,31-36,44-45,48-51H,2-5,9-12,15-18,23-30,37-43H2/b22-21-,65-45+. The number of aromatic nitrogens is 1. The van der Waals surface area contributed by atoms with E-state index in [0.717, 1.165) is 93.0 Å². The largest absolute Gasteiger partial charge is 0.494 e. The predicted octanol–water partition coefficient (Wildman–Crippen LogP) is 12.8. The van der Waals surface area contributed by atoms with Gasteiger partial charge in [-0.1, -0.05) is 55.7 Å². The molecule has 0 N–H and O–H groups in total. The van der Waals surface area contributed by atoms with E-state index in [4.69, 9.17) is 54.4 Å². The molecule has 0 saturated heterocycles. The number of hydrogen-bond acceptors (Lipinski definition) is 17. The van der Waals surface area contributed by atoms with Crippen LogP contribution in [-0.4, -0.2) is 80.6 Å². The van der Waals surface area contributed by atoms with Crippen molar-refractivity contribution in [2.45, 2.75) is 109 Å². The van der Waals surface area contributed by atoms with Crippen LogP contribution in [0.2, 0.25) is 0 Å². The molecule has 0 bridgehead atoms. The van der Waals surface area contributed by atoms with Gasteiger partial charge >= 0.3 is 29.8 Å². The van der Waals surface area contributed by atoms with E-state index in [-0.39, 0.29) is 42.0 Å². The number of para-hydroxylation sites is 1. The molecular formula is C64H75N3O13S. The Kier molecular flexibility index (Phi) is 26.3. The van der Waals surface area contributed by atoms with E-state index >= 15 is 0 Å². The number of hydrogen-bond donors (Lipinski definition) is 0. The van der Waals surface area contributed by atoms with E-state index < -0.39 is 17.9 Å². The Morgan fingerprint density at radius 1 is 0.630 bits per heavy atom. The third-order valence-corrected chi connectivity index (χ3v) is 14.9. The number of hydrazone groups is 1. The summed E-state index contributed by atoms with van der Waals surface area (Å²) in [5, 5.41) is 7.02. The van der Waals surface area contributed by atoms with Crippen molar-refractivity contribution in [3.05, 3.63) is 134 Å². The van der Waals surface area contributed by atoms with E-state index in [1.165, 1.54) is 11.3 Å². The third kappa shape index (κ3) is 21.9. The second-order valence-electron chi connectivity index (χ2n) is 19.8. The van der Waals surface area contributed by atoms with Crippen molar-refractivity contribution in [3.8, 4) is 35.3 Å². The van der Waals surface area contributed by atoms with Crippen LogP contribution >= 0.6 is 11.3 Å². The summed E-state index contributed by atoms with van der Waals surface area (Å²) in [7, 11) is 0. The first-order valence-corrected chi connectivity index (χ1v) is 28.7. The highest BCUT2D eigenvalue weighted by Crippen LogP contribution is 2.35. The Bertz CT molecular complexity index is 2820. The minimum absolute atomic E-state index is 0.161. The molecule has 81 heavy (non-hydrogen) atoms. The number of thiazole rings is 1. The minimum Gasteiger partial charge on any atom is -0.494 e. The Balaban J connectivity index is 0.950. The first kappa shape index (κ1) is 62.2. The highest BCUT2D eigenvalue weighted by Gasteiger charge is 2.33. The topological polar surface area (TPSA) is 188 Å². The fraction of sp³-hybridized carbons (Fsp3) is 0.422. The smallest absolute Gasteiger partial charge is 0.330 e. The quantitative estimate of drug-likeness (QED) is 0.00410. The number of anilines is 1. The van der Waals surface area contributed by atoms with Gasteiger partial charge in [0.05, 0.1) is 67.2 Å². The van der Waals surface area contributed by atoms with Crippen LogP contribution in [0.4, 0.5) is 5.13 Å². The number of allylic oxidation sites excluding steroid dienone is 2. The van der Waals surface area contributed by atoms with Crippen LogP contribution in [0.3, 0.4) is 0 Å². The molecule has 17 heteroatoms. The SMILES string of the molecule is C#CCN(/N=C/c1cc(OC(=O)C2CCC(C(=O)Oc3ccc(OCCCCCCOC(=O)C=C)cc3)CC2)ccc1OCCC1CCC(C(=O)OC(=C)/C=C\C(=C)OCCCCCCOC(=O)C=C)CC1)c1nc2ccccc2s1. The van der Waals surface area contributed by atoms with Gasteiger partial charge in [-0.3, -0.25) is 14.4 Å². The monoisotopic (exact) mass is 1130 g/mol. The second-order valence-corrected chi connectivity index (χ2v) is 20.9. The average Bonchev–Trinajstić information content (AvgIpc) is 3.93. The van der Waals surface area contributed by atoms with Crippen molar-refractivity contribution < 1.29 is 61.9 Å². The average molecular weight is 1130 g/mol. The van der Waals surface area contributed by atoms with Crippen LogP contribution in [0.1, 0.15) is 115 Å². The summed E-state index contributed by atoms with van der Waals surface area (Å²) in [6, 6.07) is 19.9. The van der Waals surface area contributed by atoms with Crippen LogP contribution in [0, 0.1) is 36.0 Å². The molecule has 16 nitrogen and oxygen atoms in total. The maximum Gasteiger partial charge on any atom is 0.330 e. The third-order valence-electron chi connectivity index (χ3n) is 13.8. The summed E-state index contributed by atoms with van der Waals surface area (Å²) in [6.07, 6.45) is 25.5. The Labute approximate surface area is 479 Å². The number of ether oxygens (including phenoxy) is 8. The van der Waals surface area contributed by atoms with Crippen LogP contribution in [0.15, 0.2) is 134 Å². The summed E-state index contributed by atoms with van der Waals surface area (Å²) in [4.78, 5) is 66.9. The van der Waals surface area contributed by atoms with Gasteiger partial charge in [0.15, 0.2) is 0 Å². The number of carbonyl (C=O) groups excluding carboxylic acids is 5. The lowest BCUT2D eigenvalue weighted by atomic mass is 9.81. The number of rotatable bonds is 34. The van der Waals surface area contributed by atoms with Crippen LogP contribution < -0.4 is 24.0 Å². The van der Waals surface area contributed by atoms with E-state index in [2.05, 4.69) is 32.2 Å². The molecule has 0 spiro atoms. The van der Waals surface area contributed by atoms with Crippen molar-refractivity contribution in [2.24, 2.45) is 28.8 Å².